The molecule has 1 amide bonds. The van der Waals surface area contributed by atoms with Crippen LogP contribution in [-0.4, -0.2) is 55.2 Å². The first-order valence-corrected chi connectivity index (χ1v) is 20.4. The van der Waals surface area contributed by atoms with E-state index in [9.17, 15) is 4.79 Å². The third-order valence-electron chi connectivity index (χ3n) is 9.59. The quantitative estimate of drug-likeness (QED) is 0.0534. The number of rotatable bonds is 32. The van der Waals surface area contributed by atoms with Crippen LogP contribution in [0, 0.1) is 0 Å². The number of likely N-dealkylation sites (tertiary alicyclic amines) is 1. The molecule has 0 radical (unpaired) electrons. The number of hydrogen-bond acceptors (Lipinski definition) is 3. The van der Waals surface area contributed by atoms with Crippen molar-refractivity contribution in [3.63, 3.8) is 0 Å². The summed E-state index contributed by atoms with van der Waals surface area (Å²) >= 11 is 0. The van der Waals surface area contributed by atoms with E-state index in [1.54, 1.807) is 0 Å². The highest BCUT2D eigenvalue weighted by atomic mass is 16.6. The van der Waals surface area contributed by atoms with Gasteiger partial charge in [0.15, 0.2) is 0 Å². The molecule has 1 rings (SSSR count). The largest absolute Gasteiger partial charge is 0.448 e. The van der Waals surface area contributed by atoms with Crippen molar-refractivity contribution in [3.05, 3.63) is 48.6 Å². The molecule has 0 aromatic heterocycles. The van der Waals surface area contributed by atoms with E-state index < -0.39 is 0 Å². The summed E-state index contributed by atoms with van der Waals surface area (Å²) in [6.45, 7) is 7.86. The SMILES string of the molecule is CCCCC/C=C\C/C=C\CCCCCCCCN(CCCCCCCC/C=C\C/C=C\CCCCC)C(=O)OCC1CCCN1C. The van der Waals surface area contributed by atoms with Gasteiger partial charge in [-0.05, 0) is 103 Å². The Hall–Kier alpha value is -1.81. The summed E-state index contributed by atoms with van der Waals surface area (Å²) < 4.78 is 5.84. The van der Waals surface area contributed by atoms with E-state index in [-0.39, 0.29) is 6.09 Å². The van der Waals surface area contributed by atoms with E-state index >= 15 is 0 Å². The zero-order valence-electron chi connectivity index (χ0n) is 31.6. The van der Waals surface area contributed by atoms with Crippen LogP contribution < -0.4 is 0 Å². The summed E-state index contributed by atoms with van der Waals surface area (Å²) in [5.74, 6) is 0. The highest BCUT2D eigenvalue weighted by Gasteiger charge is 2.23. The first kappa shape index (κ1) is 43.2. The second-order valence-corrected chi connectivity index (χ2v) is 14.0. The molecule has 1 aliphatic rings. The van der Waals surface area contributed by atoms with Crippen molar-refractivity contribution in [1.29, 1.82) is 0 Å². The van der Waals surface area contributed by atoms with E-state index in [1.807, 2.05) is 4.90 Å². The van der Waals surface area contributed by atoms with Crippen molar-refractivity contribution in [2.24, 2.45) is 0 Å². The van der Waals surface area contributed by atoms with Crippen molar-refractivity contribution in [1.82, 2.24) is 9.80 Å². The van der Waals surface area contributed by atoms with Gasteiger partial charge >= 0.3 is 6.09 Å². The van der Waals surface area contributed by atoms with Crippen LogP contribution >= 0.6 is 0 Å². The molecule has 0 aromatic carbocycles. The predicted molar refractivity (Wildman–Crippen MR) is 207 cm³/mol. The third kappa shape index (κ3) is 27.8. The number of unbranched alkanes of at least 4 members (excludes halogenated alkanes) is 18. The van der Waals surface area contributed by atoms with Gasteiger partial charge in [0.1, 0.15) is 6.61 Å². The molecule has 47 heavy (non-hydrogen) atoms. The molecule has 1 heterocycles. The van der Waals surface area contributed by atoms with E-state index in [4.69, 9.17) is 4.74 Å². The Labute approximate surface area is 293 Å². The molecule has 1 unspecified atom stereocenters. The summed E-state index contributed by atoms with van der Waals surface area (Å²) in [4.78, 5) is 17.4. The smallest absolute Gasteiger partial charge is 0.409 e. The van der Waals surface area contributed by atoms with Crippen LogP contribution in [0.5, 0.6) is 0 Å². The molecule has 1 aliphatic heterocycles. The Kier molecular flexibility index (Phi) is 31.3. The summed E-state index contributed by atoms with van der Waals surface area (Å²) in [7, 11) is 2.15. The molecule has 0 saturated carbocycles. The van der Waals surface area contributed by atoms with Gasteiger partial charge in [0, 0.05) is 19.1 Å². The lowest BCUT2D eigenvalue weighted by molar-refractivity contribution is 0.0796. The Morgan fingerprint density at radius 2 is 1.00 bits per heavy atom. The maximum absolute atomic E-state index is 13.1. The Morgan fingerprint density at radius 1 is 0.596 bits per heavy atom. The van der Waals surface area contributed by atoms with Crippen LogP contribution in [0.4, 0.5) is 4.79 Å². The predicted octanol–water partition coefficient (Wildman–Crippen LogP) is 13.1. The number of allylic oxidation sites excluding steroid dienone is 8. The molecular weight excluding hydrogens is 576 g/mol. The molecule has 0 aromatic rings. The number of amides is 1. The van der Waals surface area contributed by atoms with Gasteiger partial charge in [-0.15, -0.1) is 0 Å². The van der Waals surface area contributed by atoms with Crippen molar-refractivity contribution in [2.75, 3.05) is 33.3 Å². The molecule has 1 saturated heterocycles. The molecule has 0 N–H and O–H groups in total. The Balaban J connectivity index is 2.16. The van der Waals surface area contributed by atoms with Gasteiger partial charge in [-0.25, -0.2) is 4.79 Å². The first-order valence-electron chi connectivity index (χ1n) is 20.4. The van der Waals surface area contributed by atoms with Crippen molar-refractivity contribution < 1.29 is 9.53 Å². The maximum Gasteiger partial charge on any atom is 0.409 e. The van der Waals surface area contributed by atoms with E-state index in [2.05, 4.69) is 74.4 Å². The molecule has 272 valence electrons. The van der Waals surface area contributed by atoms with Gasteiger partial charge < -0.3 is 14.5 Å². The van der Waals surface area contributed by atoms with Gasteiger partial charge in [0.25, 0.3) is 0 Å². The number of likely N-dealkylation sites (N-methyl/N-ethyl adjacent to an activating group) is 1. The van der Waals surface area contributed by atoms with E-state index in [1.165, 1.54) is 135 Å². The number of ether oxygens (including phenoxy) is 1. The monoisotopic (exact) mass is 655 g/mol. The minimum atomic E-state index is -0.0875. The summed E-state index contributed by atoms with van der Waals surface area (Å²) in [6, 6.07) is 0.393. The van der Waals surface area contributed by atoms with Crippen LogP contribution in [0.2, 0.25) is 0 Å². The highest BCUT2D eigenvalue weighted by Crippen LogP contribution is 2.16. The van der Waals surface area contributed by atoms with E-state index in [0.717, 1.165) is 51.7 Å². The zero-order chi connectivity index (χ0) is 33.9. The highest BCUT2D eigenvalue weighted by molar-refractivity contribution is 5.67. The van der Waals surface area contributed by atoms with Crippen molar-refractivity contribution >= 4 is 6.09 Å². The maximum atomic E-state index is 13.1. The molecule has 0 spiro atoms. The second kappa shape index (κ2) is 34.1. The van der Waals surface area contributed by atoms with Crippen molar-refractivity contribution in [2.45, 2.75) is 187 Å². The number of carbonyl (C=O) groups is 1. The van der Waals surface area contributed by atoms with Crippen LogP contribution in [-0.2, 0) is 4.74 Å². The second-order valence-electron chi connectivity index (χ2n) is 14.0. The van der Waals surface area contributed by atoms with Gasteiger partial charge in [-0.2, -0.15) is 0 Å². The Morgan fingerprint density at radius 3 is 1.40 bits per heavy atom. The number of carbonyl (C=O) groups excluding carboxylic acids is 1. The summed E-state index contributed by atoms with van der Waals surface area (Å²) in [5.41, 5.74) is 0. The molecule has 1 atom stereocenters. The van der Waals surface area contributed by atoms with Crippen LogP contribution in [0.15, 0.2) is 48.6 Å². The average molecular weight is 655 g/mol. The topological polar surface area (TPSA) is 32.8 Å². The Bertz CT molecular complexity index is 754. The van der Waals surface area contributed by atoms with Gasteiger partial charge in [-0.1, -0.05) is 140 Å². The molecule has 4 nitrogen and oxygen atoms in total. The van der Waals surface area contributed by atoms with Crippen LogP contribution in [0.25, 0.3) is 0 Å². The molecule has 1 fully saturated rings. The standard InChI is InChI=1S/C43H78N2O2/c1-4-6-8-10-12-14-16-18-20-22-24-26-28-30-32-34-39-45(43(46)47-41-42-37-36-38-44(42)3)40-35-33-31-29-27-25-23-21-19-17-15-13-11-9-7-5-2/h12-15,18-21,42H,4-11,16-17,22-41H2,1-3H3/b14-12-,15-13-,20-18-,21-19-. The van der Waals surface area contributed by atoms with Crippen LogP contribution in [0.3, 0.4) is 0 Å². The van der Waals surface area contributed by atoms with Crippen LogP contribution in [0.1, 0.15) is 181 Å². The molecule has 0 bridgehead atoms. The number of nitrogens with zero attached hydrogens (tertiary/aromatic N) is 2. The third-order valence-corrected chi connectivity index (χ3v) is 9.59. The molecule has 0 aliphatic carbocycles. The summed E-state index contributed by atoms with van der Waals surface area (Å²) in [6.07, 6.45) is 50.8. The lowest BCUT2D eigenvalue weighted by atomic mass is 10.1. The molecular formula is C43H78N2O2. The normalized spacial score (nSPS) is 15.8. The number of hydrogen-bond donors (Lipinski definition) is 0. The first-order chi connectivity index (χ1) is 23.2. The zero-order valence-corrected chi connectivity index (χ0v) is 31.6. The van der Waals surface area contributed by atoms with Gasteiger partial charge in [0.2, 0.25) is 0 Å². The lowest BCUT2D eigenvalue weighted by Gasteiger charge is -2.25. The van der Waals surface area contributed by atoms with Gasteiger partial charge in [-0.3, -0.25) is 0 Å². The fourth-order valence-corrected chi connectivity index (χ4v) is 6.32. The minimum Gasteiger partial charge on any atom is -0.448 e. The van der Waals surface area contributed by atoms with E-state index in [0.29, 0.717) is 12.6 Å². The minimum absolute atomic E-state index is 0.0875. The fourth-order valence-electron chi connectivity index (χ4n) is 6.32. The average Bonchev–Trinajstić information content (AvgIpc) is 3.49. The lowest BCUT2D eigenvalue weighted by Crippen LogP contribution is -2.37. The fraction of sp³-hybridized carbons (Fsp3) is 0.791. The molecule has 4 heteroatoms. The van der Waals surface area contributed by atoms with Gasteiger partial charge in [0.05, 0.1) is 0 Å². The van der Waals surface area contributed by atoms with Crippen molar-refractivity contribution in [3.8, 4) is 0 Å². The summed E-state index contributed by atoms with van der Waals surface area (Å²) in [5, 5.41) is 0.